The van der Waals surface area contributed by atoms with Gasteiger partial charge in [-0.05, 0) is 36.1 Å². The van der Waals surface area contributed by atoms with Crippen molar-refractivity contribution in [3.8, 4) is 6.07 Å². The summed E-state index contributed by atoms with van der Waals surface area (Å²) < 4.78 is 6.95. The van der Waals surface area contributed by atoms with E-state index in [0.717, 1.165) is 24.6 Å². The molecule has 0 radical (unpaired) electrons. The van der Waals surface area contributed by atoms with E-state index in [-0.39, 0.29) is 18.0 Å². The van der Waals surface area contributed by atoms with Crippen LogP contribution in [0.3, 0.4) is 0 Å². The Labute approximate surface area is 177 Å². The Morgan fingerprint density at radius 2 is 2.00 bits per heavy atom. The molecule has 0 N–H and O–H groups in total. The lowest BCUT2D eigenvalue weighted by Crippen LogP contribution is -2.25. The zero-order valence-electron chi connectivity index (χ0n) is 16.8. The molecule has 1 aliphatic carbocycles. The zero-order valence-corrected chi connectivity index (χ0v) is 16.8. The van der Waals surface area contributed by atoms with Gasteiger partial charge in [-0.25, -0.2) is 9.98 Å². The number of nitriles is 1. The summed E-state index contributed by atoms with van der Waals surface area (Å²) in [5, 5.41) is 13.1. The molecule has 2 aliphatic heterocycles. The number of aliphatic imine (C=N–C) groups is 1. The van der Waals surface area contributed by atoms with Gasteiger partial charge in [0.25, 0.3) is 5.56 Å². The number of hydrogen-bond donors (Lipinski definition) is 0. The van der Waals surface area contributed by atoms with Gasteiger partial charge in [0.15, 0.2) is 11.6 Å². The van der Waals surface area contributed by atoms with Gasteiger partial charge in [-0.2, -0.15) is 10.2 Å². The number of hydrogen-bond acceptors (Lipinski definition) is 8. The monoisotopic (exact) mass is 413 g/mol. The number of nitrogens with zero attached hydrogens (tertiary/aromatic N) is 7. The van der Waals surface area contributed by atoms with Crippen molar-refractivity contribution in [2.24, 2.45) is 16.8 Å². The fourth-order valence-electron chi connectivity index (χ4n) is 4.85. The third kappa shape index (κ3) is 2.86. The van der Waals surface area contributed by atoms with E-state index >= 15 is 0 Å². The summed E-state index contributed by atoms with van der Waals surface area (Å²) in [6.45, 7) is 4.02. The standard InChI is InChI=1S/C22H19N7O2/c1-12-7-24-20-18(12)22(30)29(11-25-20)10-17-26-21(27-31-17)19-15-8-28(9-16(15)19)14-4-2-13(6-23)3-5-14/h2-5,7,11-12,15-16,19H,8-10H2,1H3/t12?,15-,16+,19?. The van der Waals surface area contributed by atoms with Crippen LogP contribution < -0.4 is 10.5 Å². The van der Waals surface area contributed by atoms with E-state index in [2.05, 4.69) is 31.1 Å². The summed E-state index contributed by atoms with van der Waals surface area (Å²) in [4.78, 5) is 28.1. The second-order valence-corrected chi connectivity index (χ2v) is 8.45. The Balaban J connectivity index is 1.13. The van der Waals surface area contributed by atoms with Crippen molar-refractivity contribution >= 4 is 17.7 Å². The molecule has 4 heterocycles. The van der Waals surface area contributed by atoms with E-state index in [4.69, 9.17) is 9.78 Å². The Bertz CT molecular complexity index is 1290. The highest BCUT2D eigenvalue weighted by Gasteiger charge is 2.58. The van der Waals surface area contributed by atoms with Crippen LogP contribution in [0.4, 0.5) is 11.5 Å². The molecule has 1 aromatic carbocycles. The molecule has 9 nitrogen and oxygen atoms in total. The smallest absolute Gasteiger partial charge is 0.259 e. The van der Waals surface area contributed by atoms with Gasteiger partial charge < -0.3 is 9.42 Å². The molecule has 2 unspecified atom stereocenters. The molecule has 3 aliphatic rings. The summed E-state index contributed by atoms with van der Waals surface area (Å²) >= 11 is 0. The predicted molar refractivity (Wildman–Crippen MR) is 112 cm³/mol. The highest BCUT2D eigenvalue weighted by Crippen LogP contribution is 2.57. The number of aromatic nitrogens is 4. The number of rotatable bonds is 4. The van der Waals surface area contributed by atoms with Crippen LogP contribution in [0.15, 0.2) is 44.9 Å². The predicted octanol–water partition coefficient (Wildman–Crippen LogP) is 2.22. The third-order valence-corrected chi connectivity index (χ3v) is 6.57. The molecule has 31 heavy (non-hydrogen) atoms. The van der Waals surface area contributed by atoms with Crippen molar-refractivity contribution in [2.45, 2.75) is 25.3 Å². The zero-order chi connectivity index (χ0) is 21.1. The molecule has 6 rings (SSSR count). The Kier molecular flexibility index (Phi) is 3.84. The summed E-state index contributed by atoms with van der Waals surface area (Å²) in [5.41, 5.74) is 2.31. The highest BCUT2D eigenvalue weighted by molar-refractivity contribution is 5.78. The van der Waals surface area contributed by atoms with Crippen molar-refractivity contribution in [3.05, 3.63) is 63.8 Å². The first kappa shape index (κ1) is 18.0. The average molecular weight is 413 g/mol. The number of anilines is 1. The van der Waals surface area contributed by atoms with Crippen LogP contribution in [0.25, 0.3) is 0 Å². The van der Waals surface area contributed by atoms with E-state index in [9.17, 15) is 4.79 Å². The first-order valence-corrected chi connectivity index (χ1v) is 10.3. The quantitative estimate of drug-likeness (QED) is 0.644. The van der Waals surface area contributed by atoms with Crippen LogP contribution in [-0.2, 0) is 6.54 Å². The molecule has 2 fully saturated rings. The van der Waals surface area contributed by atoms with Gasteiger partial charge >= 0.3 is 0 Å². The second kappa shape index (κ2) is 6.60. The van der Waals surface area contributed by atoms with Gasteiger partial charge in [-0.3, -0.25) is 9.36 Å². The average Bonchev–Trinajstić information content (AvgIpc) is 3.21. The van der Waals surface area contributed by atoms with Gasteiger partial charge in [0, 0.05) is 36.8 Å². The Morgan fingerprint density at radius 3 is 2.74 bits per heavy atom. The molecule has 2 aromatic heterocycles. The van der Waals surface area contributed by atoms with Crippen LogP contribution in [-0.4, -0.2) is 39.0 Å². The van der Waals surface area contributed by atoms with E-state index in [0.29, 0.717) is 40.6 Å². The molecule has 1 saturated carbocycles. The normalized spacial score (nSPS) is 25.4. The fraction of sp³-hybridized carbons (Fsp3) is 0.364. The summed E-state index contributed by atoms with van der Waals surface area (Å²) in [6, 6.07) is 9.85. The van der Waals surface area contributed by atoms with Gasteiger partial charge in [0.1, 0.15) is 12.9 Å². The molecular formula is C22H19N7O2. The van der Waals surface area contributed by atoms with Crippen LogP contribution in [0.5, 0.6) is 0 Å². The van der Waals surface area contributed by atoms with E-state index in [1.54, 1.807) is 6.21 Å². The van der Waals surface area contributed by atoms with Crippen molar-refractivity contribution in [1.82, 2.24) is 19.7 Å². The summed E-state index contributed by atoms with van der Waals surface area (Å²) in [6.07, 6.45) is 3.23. The summed E-state index contributed by atoms with van der Waals surface area (Å²) in [5.74, 6) is 2.91. The molecule has 4 atom stereocenters. The molecule has 1 saturated heterocycles. The van der Waals surface area contributed by atoms with Crippen molar-refractivity contribution < 1.29 is 4.52 Å². The highest BCUT2D eigenvalue weighted by atomic mass is 16.5. The lowest BCUT2D eigenvalue weighted by Gasteiger charge is -2.21. The maximum atomic E-state index is 12.7. The first-order chi connectivity index (χ1) is 15.1. The van der Waals surface area contributed by atoms with Crippen LogP contribution in [0, 0.1) is 23.2 Å². The lowest BCUT2D eigenvalue weighted by molar-refractivity contribution is 0.363. The van der Waals surface area contributed by atoms with E-state index in [1.807, 2.05) is 31.2 Å². The van der Waals surface area contributed by atoms with Crippen molar-refractivity contribution in [1.29, 1.82) is 5.26 Å². The Hall–Kier alpha value is -3.80. The van der Waals surface area contributed by atoms with E-state index in [1.165, 1.54) is 10.9 Å². The first-order valence-electron chi connectivity index (χ1n) is 10.3. The van der Waals surface area contributed by atoms with Crippen LogP contribution in [0.2, 0.25) is 0 Å². The number of fused-ring (bicyclic) bond motifs is 2. The Morgan fingerprint density at radius 1 is 1.23 bits per heavy atom. The molecule has 0 amide bonds. The lowest BCUT2D eigenvalue weighted by atomic mass is 10.1. The van der Waals surface area contributed by atoms with Gasteiger partial charge in [-0.15, -0.1) is 0 Å². The van der Waals surface area contributed by atoms with Gasteiger partial charge in [0.05, 0.1) is 17.2 Å². The van der Waals surface area contributed by atoms with Crippen LogP contribution >= 0.6 is 0 Å². The second-order valence-electron chi connectivity index (χ2n) is 8.45. The maximum Gasteiger partial charge on any atom is 0.259 e. The molecule has 9 heteroatoms. The topological polar surface area (TPSA) is 113 Å². The third-order valence-electron chi connectivity index (χ3n) is 6.57. The van der Waals surface area contributed by atoms with E-state index < -0.39 is 0 Å². The summed E-state index contributed by atoms with van der Waals surface area (Å²) in [7, 11) is 0. The van der Waals surface area contributed by atoms with Crippen LogP contribution in [0.1, 0.15) is 41.6 Å². The minimum atomic E-state index is -0.115. The van der Waals surface area contributed by atoms with Gasteiger partial charge in [0.2, 0.25) is 5.89 Å². The SMILES string of the molecule is CC1C=Nc2ncn(Cc3nc(C4[C@H]5CN(c6ccc(C#N)cc6)C[C@@H]45)no3)c(=O)c21. The number of piperidine rings is 1. The minimum Gasteiger partial charge on any atom is -0.371 e. The number of benzene rings is 1. The minimum absolute atomic E-state index is 0.0365. The van der Waals surface area contributed by atoms with Crippen molar-refractivity contribution in [2.75, 3.05) is 18.0 Å². The van der Waals surface area contributed by atoms with Crippen molar-refractivity contribution in [3.63, 3.8) is 0 Å². The molecule has 154 valence electrons. The fourth-order valence-corrected chi connectivity index (χ4v) is 4.85. The molecule has 3 aromatic rings. The maximum absolute atomic E-state index is 12.7. The molecular weight excluding hydrogens is 394 g/mol. The van der Waals surface area contributed by atoms with Gasteiger partial charge in [-0.1, -0.05) is 12.1 Å². The largest absolute Gasteiger partial charge is 0.371 e. The molecule has 0 spiro atoms. The molecule has 0 bridgehead atoms.